The first-order chi connectivity index (χ1) is 11.3. The van der Waals surface area contributed by atoms with Crippen LogP contribution in [0.2, 0.25) is 0 Å². The molecule has 6 nitrogen and oxygen atoms in total. The summed E-state index contributed by atoms with van der Waals surface area (Å²) in [5.74, 6) is -0.367. The summed E-state index contributed by atoms with van der Waals surface area (Å²) < 4.78 is 23.3. The highest BCUT2D eigenvalue weighted by atomic mass is 79.9. The van der Waals surface area contributed by atoms with Crippen LogP contribution in [-0.4, -0.2) is 34.5 Å². The zero-order valence-corrected chi connectivity index (χ0v) is 15.5. The van der Waals surface area contributed by atoms with Crippen molar-refractivity contribution >= 4 is 37.5 Å². The van der Waals surface area contributed by atoms with Gasteiger partial charge >= 0.3 is 0 Å². The quantitative estimate of drug-likeness (QED) is 0.759. The molecule has 3 N–H and O–H groups in total. The number of likely N-dealkylation sites (N-methyl/N-ethyl adjacent to an activating group) is 1. The zero-order chi connectivity index (χ0) is 17.7. The maximum absolute atomic E-state index is 12.3. The van der Waals surface area contributed by atoms with Crippen molar-refractivity contribution in [2.45, 2.75) is 4.90 Å². The molecule has 0 aliphatic heterocycles. The molecule has 128 valence electrons. The van der Waals surface area contributed by atoms with Crippen LogP contribution in [0.15, 0.2) is 57.9 Å². The van der Waals surface area contributed by atoms with Crippen molar-refractivity contribution in [1.29, 1.82) is 0 Å². The number of benzene rings is 2. The lowest BCUT2D eigenvalue weighted by Crippen LogP contribution is -2.33. The van der Waals surface area contributed by atoms with Gasteiger partial charge < -0.3 is 10.2 Å². The lowest BCUT2D eigenvalue weighted by molar-refractivity contribution is 0.0953. The van der Waals surface area contributed by atoms with Crippen LogP contribution in [0.4, 0.5) is 5.69 Å². The first-order valence-corrected chi connectivity index (χ1v) is 9.49. The third kappa shape index (κ3) is 4.80. The topological polar surface area (TPSA) is 92.5 Å². The number of rotatable bonds is 6. The van der Waals surface area contributed by atoms with Gasteiger partial charge in [-0.2, -0.15) is 0 Å². The summed E-state index contributed by atoms with van der Waals surface area (Å²) >= 11 is 3.25. The van der Waals surface area contributed by atoms with Gasteiger partial charge in [0.05, 0.1) is 10.5 Å². The van der Waals surface area contributed by atoms with E-state index in [0.29, 0.717) is 17.6 Å². The number of carbonyl (C=O) groups excluding carboxylic acids is 1. The Bertz CT molecular complexity index is 826. The Balaban J connectivity index is 2.00. The maximum atomic E-state index is 12.3. The highest BCUT2D eigenvalue weighted by molar-refractivity contribution is 9.10. The minimum atomic E-state index is -3.85. The number of nitrogens with one attached hydrogen (secondary N) is 1. The lowest BCUT2D eigenvalue weighted by Gasteiger charge is -2.19. The Morgan fingerprint density at radius 1 is 1.21 bits per heavy atom. The molecule has 0 spiro atoms. The minimum absolute atomic E-state index is 0.0998. The van der Waals surface area contributed by atoms with E-state index in [4.69, 9.17) is 5.14 Å². The number of hydrogen-bond acceptors (Lipinski definition) is 4. The molecule has 0 radical (unpaired) electrons. The van der Waals surface area contributed by atoms with E-state index in [0.717, 1.165) is 5.69 Å². The SMILES string of the molecule is CN(CCNC(=O)c1cc(S(N)(=O)=O)ccc1Br)c1ccccc1. The van der Waals surface area contributed by atoms with Gasteiger partial charge in [-0.1, -0.05) is 18.2 Å². The molecule has 0 bridgehead atoms. The normalized spacial score (nSPS) is 11.1. The second-order valence-corrected chi connectivity index (χ2v) is 7.62. The van der Waals surface area contributed by atoms with E-state index in [1.807, 2.05) is 42.3 Å². The van der Waals surface area contributed by atoms with E-state index in [9.17, 15) is 13.2 Å². The van der Waals surface area contributed by atoms with E-state index < -0.39 is 10.0 Å². The van der Waals surface area contributed by atoms with E-state index in [1.54, 1.807) is 0 Å². The fourth-order valence-corrected chi connectivity index (χ4v) is 3.07. The van der Waals surface area contributed by atoms with Crippen molar-refractivity contribution in [3.8, 4) is 0 Å². The standard InChI is InChI=1S/C16H18BrN3O3S/c1-20(12-5-3-2-4-6-12)10-9-19-16(21)14-11-13(24(18,22)23)7-8-15(14)17/h2-8,11H,9-10H2,1H3,(H,19,21)(H2,18,22,23). The molecule has 1 amide bonds. The molecule has 0 unspecified atom stereocenters. The number of anilines is 1. The number of nitrogens with two attached hydrogens (primary N) is 1. The molecule has 0 aromatic heterocycles. The average Bonchev–Trinajstić information content (AvgIpc) is 2.54. The van der Waals surface area contributed by atoms with Crippen molar-refractivity contribution in [1.82, 2.24) is 5.32 Å². The van der Waals surface area contributed by atoms with Gasteiger partial charge in [0.1, 0.15) is 0 Å². The van der Waals surface area contributed by atoms with Crippen LogP contribution in [0.25, 0.3) is 0 Å². The summed E-state index contributed by atoms with van der Waals surface area (Å²) in [5.41, 5.74) is 1.27. The molecule has 0 aliphatic carbocycles. The Morgan fingerprint density at radius 3 is 2.50 bits per heavy atom. The van der Waals surface area contributed by atoms with E-state index in [2.05, 4.69) is 21.2 Å². The number of sulfonamides is 1. The number of nitrogens with zero attached hydrogens (tertiary/aromatic N) is 1. The molecular formula is C16H18BrN3O3S. The van der Waals surface area contributed by atoms with Crippen LogP contribution in [0.5, 0.6) is 0 Å². The number of hydrogen-bond donors (Lipinski definition) is 2. The Hall–Kier alpha value is -1.90. The number of para-hydroxylation sites is 1. The highest BCUT2D eigenvalue weighted by Crippen LogP contribution is 2.20. The summed E-state index contributed by atoms with van der Waals surface area (Å²) in [7, 11) is -1.93. The molecule has 2 aromatic carbocycles. The third-order valence-electron chi connectivity index (χ3n) is 3.44. The molecule has 2 aromatic rings. The third-order valence-corrected chi connectivity index (χ3v) is 5.04. The van der Waals surface area contributed by atoms with Crippen LogP contribution >= 0.6 is 15.9 Å². The van der Waals surface area contributed by atoms with Gasteiger partial charge in [0.25, 0.3) is 5.91 Å². The highest BCUT2D eigenvalue weighted by Gasteiger charge is 2.15. The molecule has 8 heteroatoms. The number of primary sulfonamides is 1. The Kier molecular flexibility index (Phi) is 5.98. The molecule has 0 saturated carbocycles. The van der Waals surface area contributed by atoms with Crippen molar-refractivity contribution in [3.63, 3.8) is 0 Å². The molecule has 0 fully saturated rings. The van der Waals surface area contributed by atoms with Crippen LogP contribution < -0.4 is 15.4 Å². The Morgan fingerprint density at radius 2 is 1.88 bits per heavy atom. The minimum Gasteiger partial charge on any atom is -0.373 e. The number of amides is 1. The first-order valence-electron chi connectivity index (χ1n) is 7.16. The number of halogens is 1. The van der Waals surface area contributed by atoms with Crippen molar-refractivity contribution < 1.29 is 13.2 Å². The Labute approximate surface area is 149 Å². The summed E-state index contributed by atoms with van der Waals surface area (Å²) in [4.78, 5) is 14.2. The maximum Gasteiger partial charge on any atom is 0.252 e. The van der Waals surface area contributed by atoms with Gasteiger partial charge in [-0.3, -0.25) is 4.79 Å². The van der Waals surface area contributed by atoms with Crippen molar-refractivity contribution in [3.05, 3.63) is 58.6 Å². The molecule has 24 heavy (non-hydrogen) atoms. The van der Waals surface area contributed by atoms with Crippen LogP contribution in [0, 0.1) is 0 Å². The van der Waals surface area contributed by atoms with Crippen molar-refractivity contribution in [2.24, 2.45) is 5.14 Å². The summed E-state index contributed by atoms with van der Waals surface area (Å²) in [6.45, 7) is 1.03. The molecule has 0 atom stereocenters. The monoisotopic (exact) mass is 411 g/mol. The smallest absolute Gasteiger partial charge is 0.252 e. The van der Waals surface area contributed by atoms with Crippen LogP contribution in [0.3, 0.4) is 0 Å². The summed E-state index contributed by atoms with van der Waals surface area (Å²) in [5, 5.41) is 7.87. The van der Waals surface area contributed by atoms with Crippen LogP contribution in [0.1, 0.15) is 10.4 Å². The van der Waals surface area contributed by atoms with Gasteiger partial charge in [-0.25, -0.2) is 13.6 Å². The predicted molar refractivity (Wildman–Crippen MR) is 97.6 cm³/mol. The molecule has 0 heterocycles. The molecule has 0 saturated heterocycles. The van der Waals surface area contributed by atoms with Gasteiger partial charge in [0, 0.05) is 30.3 Å². The van der Waals surface area contributed by atoms with E-state index in [-0.39, 0.29) is 16.4 Å². The largest absolute Gasteiger partial charge is 0.373 e. The second kappa shape index (κ2) is 7.78. The second-order valence-electron chi connectivity index (χ2n) is 5.20. The van der Waals surface area contributed by atoms with Crippen LogP contribution in [-0.2, 0) is 10.0 Å². The lowest BCUT2D eigenvalue weighted by atomic mass is 10.2. The molecule has 0 aliphatic rings. The fourth-order valence-electron chi connectivity index (χ4n) is 2.10. The van der Waals surface area contributed by atoms with Gasteiger partial charge in [0.2, 0.25) is 10.0 Å². The van der Waals surface area contributed by atoms with E-state index in [1.165, 1.54) is 18.2 Å². The zero-order valence-electron chi connectivity index (χ0n) is 13.1. The fraction of sp³-hybridized carbons (Fsp3) is 0.188. The predicted octanol–water partition coefficient (Wildman–Crippen LogP) is 1.96. The van der Waals surface area contributed by atoms with Gasteiger partial charge in [-0.15, -0.1) is 0 Å². The average molecular weight is 412 g/mol. The molecular weight excluding hydrogens is 394 g/mol. The summed E-state index contributed by atoms with van der Waals surface area (Å²) in [6, 6.07) is 13.9. The number of carbonyl (C=O) groups is 1. The first kappa shape index (κ1) is 18.4. The van der Waals surface area contributed by atoms with E-state index >= 15 is 0 Å². The van der Waals surface area contributed by atoms with Gasteiger partial charge in [0.15, 0.2) is 0 Å². The van der Waals surface area contributed by atoms with Crippen molar-refractivity contribution in [2.75, 3.05) is 25.0 Å². The molecule has 2 rings (SSSR count). The summed E-state index contributed by atoms with van der Waals surface area (Å²) in [6.07, 6.45) is 0. The van der Waals surface area contributed by atoms with Gasteiger partial charge in [-0.05, 0) is 46.3 Å².